The van der Waals surface area contributed by atoms with Crippen LogP contribution < -0.4 is 5.32 Å². The van der Waals surface area contributed by atoms with Crippen LogP contribution in [-0.4, -0.2) is 16.8 Å². The van der Waals surface area contributed by atoms with E-state index in [1.54, 1.807) is 26.8 Å². The van der Waals surface area contributed by atoms with Crippen molar-refractivity contribution in [2.45, 2.75) is 39.8 Å². The topological polar surface area (TPSA) is 58.6 Å². The number of hydrogen-bond acceptors (Lipinski definition) is 3. The van der Waals surface area contributed by atoms with Crippen molar-refractivity contribution in [2.24, 2.45) is 0 Å². The van der Waals surface area contributed by atoms with E-state index in [4.69, 9.17) is 4.74 Å². The molecule has 0 spiro atoms. The summed E-state index contributed by atoms with van der Waals surface area (Å²) in [5.41, 5.74) is 1.19. The highest BCUT2D eigenvalue weighted by Gasteiger charge is 2.16. The second-order valence-electron chi connectivity index (χ2n) is 4.99. The van der Waals surface area contributed by atoms with Gasteiger partial charge >= 0.3 is 6.09 Å². The lowest BCUT2D eigenvalue weighted by molar-refractivity contribution is 0.0523. The van der Waals surface area contributed by atoms with Gasteiger partial charge in [0.15, 0.2) is 0 Å². The predicted octanol–water partition coefficient (Wildman–Crippen LogP) is 2.73. The number of nitrogens with one attached hydrogen (secondary N) is 1. The molecule has 0 aliphatic heterocycles. The van der Waals surface area contributed by atoms with Gasteiger partial charge in [0.2, 0.25) is 0 Å². The summed E-state index contributed by atoms with van der Waals surface area (Å²) in [6.07, 6.45) is -0.488. The average molecular weight is 237 g/mol. The molecule has 0 radical (unpaired) electrons. The molecule has 0 saturated heterocycles. The van der Waals surface area contributed by atoms with Crippen molar-refractivity contribution in [3.8, 4) is 5.75 Å². The van der Waals surface area contributed by atoms with Crippen LogP contribution in [0.15, 0.2) is 18.2 Å². The number of carbonyl (C=O) groups excluding carboxylic acids is 1. The van der Waals surface area contributed by atoms with Gasteiger partial charge in [-0.15, -0.1) is 0 Å². The van der Waals surface area contributed by atoms with Crippen molar-refractivity contribution in [1.29, 1.82) is 0 Å². The van der Waals surface area contributed by atoms with Crippen molar-refractivity contribution in [3.63, 3.8) is 0 Å². The number of aromatic hydroxyl groups is 1. The molecule has 1 aromatic rings. The van der Waals surface area contributed by atoms with E-state index in [1.165, 1.54) is 0 Å². The molecule has 1 amide bonds. The first-order valence-corrected chi connectivity index (χ1v) is 5.53. The fraction of sp³-hybridized carbons (Fsp3) is 0.462. The Labute approximate surface area is 102 Å². The van der Waals surface area contributed by atoms with Crippen LogP contribution in [0.1, 0.15) is 31.9 Å². The lowest BCUT2D eigenvalue weighted by atomic mass is 10.1. The number of benzene rings is 1. The van der Waals surface area contributed by atoms with Gasteiger partial charge in [0.05, 0.1) is 0 Å². The number of aryl methyl sites for hydroxylation is 1. The second kappa shape index (κ2) is 5.08. The molecule has 94 valence electrons. The lowest BCUT2D eigenvalue weighted by Gasteiger charge is -2.19. The van der Waals surface area contributed by atoms with Crippen molar-refractivity contribution >= 4 is 6.09 Å². The summed E-state index contributed by atoms with van der Waals surface area (Å²) >= 11 is 0. The molecule has 0 bridgehead atoms. The molecule has 0 heterocycles. The molecule has 0 aliphatic rings. The van der Waals surface area contributed by atoms with Crippen molar-refractivity contribution in [2.75, 3.05) is 0 Å². The SMILES string of the molecule is Cc1ccc(O)c(CNC(=O)OC(C)(C)C)c1. The first-order valence-electron chi connectivity index (χ1n) is 5.53. The first kappa shape index (κ1) is 13.4. The molecule has 0 fully saturated rings. The van der Waals surface area contributed by atoms with Crippen molar-refractivity contribution < 1.29 is 14.6 Å². The van der Waals surface area contributed by atoms with E-state index in [9.17, 15) is 9.90 Å². The number of hydrogen-bond donors (Lipinski definition) is 2. The van der Waals surface area contributed by atoms with Gasteiger partial charge in [-0.2, -0.15) is 0 Å². The zero-order chi connectivity index (χ0) is 13.1. The smallest absolute Gasteiger partial charge is 0.407 e. The van der Waals surface area contributed by atoms with Gasteiger partial charge in [-0.1, -0.05) is 17.7 Å². The van der Waals surface area contributed by atoms with Gasteiger partial charge in [0, 0.05) is 12.1 Å². The molecule has 2 N–H and O–H groups in total. The zero-order valence-corrected chi connectivity index (χ0v) is 10.7. The molecule has 0 aromatic heterocycles. The fourth-order valence-electron chi connectivity index (χ4n) is 1.34. The number of phenols is 1. The van der Waals surface area contributed by atoms with E-state index in [1.807, 2.05) is 19.1 Å². The normalized spacial score (nSPS) is 11.1. The summed E-state index contributed by atoms with van der Waals surface area (Å²) in [6, 6.07) is 5.25. The van der Waals surface area contributed by atoms with Crippen LogP contribution in [0, 0.1) is 6.92 Å². The Kier molecular flexibility index (Phi) is 3.99. The summed E-state index contributed by atoms with van der Waals surface area (Å²) in [5, 5.41) is 12.2. The quantitative estimate of drug-likeness (QED) is 0.831. The van der Waals surface area contributed by atoms with E-state index in [0.29, 0.717) is 5.56 Å². The monoisotopic (exact) mass is 237 g/mol. The molecular formula is C13H19NO3. The third-order valence-corrected chi connectivity index (χ3v) is 2.06. The zero-order valence-electron chi connectivity index (χ0n) is 10.7. The molecule has 0 aliphatic carbocycles. The van der Waals surface area contributed by atoms with Crippen LogP contribution in [0.5, 0.6) is 5.75 Å². The Morgan fingerprint density at radius 1 is 1.41 bits per heavy atom. The highest BCUT2D eigenvalue weighted by Crippen LogP contribution is 2.18. The Balaban J connectivity index is 2.56. The largest absolute Gasteiger partial charge is 0.508 e. The first-order chi connectivity index (χ1) is 7.78. The highest BCUT2D eigenvalue weighted by molar-refractivity contribution is 5.67. The minimum atomic E-state index is -0.515. The number of carbonyl (C=O) groups is 1. The van der Waals surface area contributed by atoms with Gasteiger partial charge < -0.3 is 15.2 Å². The molecule has 1 aromatic carbocycles. The summed E-state index contributed by atoms with van der Waals surface area (Å²) < 4.78 is 5.10. The third kappa shape index (κ3) is 4.76. The number of amides is 1. The Bertz CT molecular complexity index is 408. The van der Waals surface area contributed by atoms with Crippen LogP contribution in [0.2, 0.25) is 0 Å². The van der Waals surface area contributed by atoms with Crippen LogP contribution in [0.25, 0.3) is 0 Å². The molecule has 0 atom stereocenters. The number of alkyl carbamates (subject to hydrolysis) is 1. The van der Waals surface area contributed by atoms with E-state index in [2.05, 4.69) is 5.32 Å². The maximum atomic E-state index is 11.4. The number of phenolic OH excluding ortho intramolecular Hbond substituents is 1. The summed E-state index contributed by atoms with van der Waals surface area (Å²) in [6.45, 7) is 7.59. The van der Waals surface area contributed by atoms with Gasteiger partial charge in [-0.25, -0.2) is 4.79 Å². The minimum Gasteiger partial charge on any atom is -0.508 e. The predicted molar refractivity (Wildman–Crippen MR) is 65.9 cm³/mol. The van der Waals surface area contributed by atoms with E-state index in [0.717, 1.165) is 5.56 Å². The maximum Gasteiger partial charge on any atom is 0.407 e. The molecule has 0 saturated carbocycles. The van der Waals surface area contributed by atoms with Gasteiger partial charge in [0.1, 0.15) is 11.4 Å². The Morgan fingerprint density at radius 3 is 2.65 bits per heavy atom. The minimum absolute atomic E-state index is 0.173. The second-order valence-corrected chi connectivity index (χ2v) is 4.99. The molecule has 1 rings (SSSR count). The Hall–Kier alpha value is -1.71. The van der Waals surface area contributed by atoms with Gasteiger partial charge in [-0.3, -0.25) is 0 Å². The van der Waals surface area contributed by atoms with Gasteiger partial charge in [-0.05, 0) is 33.8 Å². The third-order valence-electron chi connectivity index (χ3n) is 2.06. The molecule has 0 unspecified atom stereocenters. The molecular weight excluding hydrogens is 218 g/mol. The van der Waals surface area contributed by atoms with Crippen LogP contribution in [-0.2, 0) is 11.3 Å². The standard InChI is InChI=1S/C13H19NO3/c1-9-5-6-11(15)10(7-9)8-14-12(16)17-13(2,3)4/h5-7,15H,8H2,1-4H3,(H,14,16). The summed E-state index contributed by atoms with van der Waals surface area (Å²) in [7, 11) is 0. The summed E-state index contributed by atoms with van der Waals surface area (Å²) in [4.78, 5) is 11.4. The molecule has 17 heavy (non-hydrogen) atoms. The van der Waals surface area contributed by atoms with E-state index >= 15 is 0 Å². The molecule has 4 heteroatoms. The lowest BCUT2D eigenvalue weighted by Crippen LogP contribution is -2.32. The highest BCUT2D eigenvalue weighted by atomic mass is 16.6. The van der Waals surface area contributed by atoms with Crippen molar-refractivity contribution in [3.05, 3.63) is 29.3 Å². The molecule has 4 nitrogen and oxygen atoms in total. The number of ether oxygens (including phenoxy) is 1. The average Bonchev–Trinajstić information content (AvgIpc) is 2.17. The van der Waals surface area contributed by atoms with Crippen LogP contribution in [0.4, 0.5) is 4.79 Å². The Morgan fingerprint density at radius 2 is 2.06 bits per heavy atom. The van der Waals surface area contributed by atoms with E-state index < -0.39 is 11.7 Å². The van der Waals surface area contributed by atoms with Gasteiger partial charge in [0.25, 0.3) is 0 Å². The fourth-order valence-corrected chi connectivity index (χ4v) is 1.34. The number of rotatable bonds is 2. The summed E-state index contributed by atoms with van der Waals surface area (Å²) in [5.74, 6) is 0.173. The van der Waals surface area contributed by atoms with Crippen LogP contribution in [0.3, 0.4) is 0 Å². The van der Waals surface area contributed by atoms with Crippen molar-refractivity contribution in [1.82, 2.24) is 5.32 Å². The van der Waals surface area contributed by atoms with Crippen LogP contribution >= 0.6 is 0 Å². The maximum absolute atomic E-state index is 11.4. The van der Waals surface area contributed by atoms with E-state index in [-0.39, 0.29) is 12.3 Å².